The van der Waals surface area contributed by atoms with E-state index in [9.17, 15) is 13.2 Å². The molecule has 0 aliphatic carbocycles. The van der Waals surface area contributed by atoms with Crippen LogP contribution in [0.25, 0.3) is 0 Å². The molecule has 5 heteroatoms. The molecule has 1 aliphatic rings. The SMILES string of the molecule is Fc1cc(F)c(CNCCN2CCCCC2)cc1F. The summed E-state index contributed by atoms with van der Waals surface area (Å²) >= 11 is 0. The maximum atomic E-state index is 13.4. The van der Waals surface area contributed by atoms with Crippen LogP contribution >= 0.6 is 0 Å². The lowest BCUT2D eigenvalue weighted by Gasteiger charge is -2.26. The second-order valence-corrected chi connectivity index (χ2v) is 4.94. The molecule has 1 saturated heterocycles. The van der Waals surface area contributed by atoms with Crippen LogP contribution in [0.3, 0.4) is 0 Å². The summed E-state index contributed by atoms with van der Waals surface area (Å²) in [5.74, 6) is -2.85. The predicted octanol–water partition coefficient (Wildman–Crippen LogP) is 2.68. The fraction of sp³-hybridized carbons (Fsp3) is 0.571. The molecular formula is C14H19F3N2. The highest BCUT2D eigenvalue weighted by Crippen LogP contribution is 2.13. The smallest absolute Gasteiger partial charge is 0.161 e. The Morgan fingerprint density at radius 1 is 0.947 bits per heavy atom. The molecule has 0 unspecified atom stereocenters. The Morgan fingerprint density at radius 2 is 1.63 bits per heavy atom. The zero-order valence-electron chi connectivity index (χ0n) is 10.9. The van der Waals surface area contributed by atoms with Crippen LogP contribution in [0.5, 0.6) is 0 Å². The quantitative estimate of drug-likeness (QED) is 0.655. The molecule has 19 heavy (non-hydrogen) atoms. The van der Waals surface area contributed by atoms with Crippen LogP contribution in [0.15, 0.2) is 12.1 Å². The summed E-state index contributed by atoms with van der Waals surface area (Å²) in [4.78, 5) is 2.36. The molecule has 0 saturated carbocycles. The summed E-state index contributed by atoms with van der Waals surface area (Å²) < 4.78 is 39.1. The van der Waals surface area contributed by atoms with Gasteiger partial charge in [0.05, 0.1) is 0 Å². The molecule has 0 radical (unpaired) electrons. The standard InChI is InChI=1S/C14H19F3N2/c15-12-9-14(17)13(16)8-11(12)10-18-4-7-19-5-2-1-3-6-19/h8-9,18H,1-7,10H2. The van der Waals surface area contributed by atoms with Crippen molar-refractivity contribution < 1.29 is 13.2 Å². The first-order chi connectivity index (χ1) is 9.16. The van der Waals surface area contributed by atoms with Gasteiger partial charge in [-0.1, -0.05) is 6.42 Å². The van der Waals surface area contributed by atoms with E-state index in [0.717, 1.165) is 32.2 Å². The molecule has 1 aliphatic heterocycles. The Morgan fingerprint density at radius 3 is 2.37 bits per heavy atom. The molecular weight excluding hydrogens is 253 g/mol. The fourth-order valence-corrected chi connectivity index (χ4v) is 2.34. The van der Waals surface area contributed by atoms with Crippen molar-refractivity contribution in [3.05, 3.63) is 35.1 Å². The number of piperidine rings is 1. The maximum absolute atomic E-state index is 13.4. The van der Waals surface area contributed by atoms with Crippen molar-refractivity contribution in [2.24, 2.45) is 0 Å². The third kappa shape index (κ3) is 4.21. The van der Waals surface area contributed by atoms with Crippen molar-refractivity contribution >= 4 is 0 Å². The normalized spacial score (nSPS) is 16.8. The highest BCUT2D eigenvalue weighted by atomic mass is 19.2. The summed E-state index contributed by atoms with van der Waals surface area (Å²) in [5.41, 5.74) is 0.164. The summed E-state index contributed by atoms with van der Waals surface area (Å²) in [6, 6.07) is 1.51. The first-order valence-electron chi connectivity index (χ1n) is 6.73. The largest absolute Gasteiger partial charge is 0.311 e. The minimum absolute atomic E-state index is 0.164. The van der Waals surface area contributed by atoms with Gasteiger partial charge in [-0.2, -0.15) is 0 Å². The molecule has 0 bridgehead atoms. The Bertz CT molecular complexity index is 417. The Labute approximate surface area is 111 Å². The van der Waals surface area contributed by atoms with Crippen LogP contribution in [-0.4, -0.2) is 31.1 Å². The molecule has 0 amide bonds. The monoisotopic (exact) mass is 272 g/mol. The first-order valence-corrected chi connectivity index (χ1v) is 6.73. The highest BCUT2D eigenvalue weighted by Gasteiger charge is 2.11. The van der Waals surface area contributed by atoms with Crippen LogP contribution in [0, 0.1) is 17.5 Å². The zero-order chi connectivity index (χ0) is 13.7. The van der Waals surface area contributed by atoms with E-state index >= 15 is 0 Å². The number of halogens is 3. The molecule has 2 rings (SSSR count). The average molecular weight is 272 g/mol. The van der Waals surface area contributed by atoms with Crippen molar-refractivity contribution in [3.63, 3.8) is 0 Å². The molecule has 1 N–H and O–H groups in total. The number of nitrogens with zero attached hydrogens (tertiary/aromatic N) is 1. The molecule has 106 valence electrons. The Balaban J connectivity index is 1.74. The lowest BCUT2D eigenvalue weighted by molar-refractivity contribution is 0.229. The minimum Gasteiger partial charge on any atom is -0.311 e. The van der Waals surface area contributed by atoms with Gasteiger partial charge in [-0.3, -0.25) is 0 Å². The average Bonchev–Trinajstić information content (AvgIpc) is 2.41. The van der Waals surface area contributed by atoms with Gasteiger partial charge in [0.2, 0.25) is 0 Å². The van der Waals surface area contributed by atoms with Crippen molar-refractivity contribution in [3.8, 4) is 0 Å². The number of rotatable bonds is 5. The fourth-order valence-electron chi connectivity index (χ4n) is 2.34. The van der Waals surface area contributed by atoms with Crippen molar-refractivity contribution in [1.29, 1.82) is 0 Å². The summed E-state index contributed by atoms with van der Waals surface area (Å²) in [6.45, 7) is 4.07. The van der Waals surface area contributed by atoms with Gasteiger partial charge in [-0.05, 0) is 32.0 Å². The van der Waals surface area contributed by atoms with Gasteiger partial charge in [-0.15, -0.1) is 0 Å². The van der Waals surface area contributed by atoms with Crippen molar-refractivity contribution in [2.75, 3.05) is 26.2 Å². The van der Waals surface area contributed by atoms with Gasteiger partial charge in [0.15, 0.2) is 11.6 Å². The van der Waals surface area contributed by atoms with E-state index in [0.29, 0.717) is 6.07 Å². The van der Waals surface area contributed by atoms with E-state index in [4.69, 9.17) is 0 Å². The molecule has 1 heterocycles. The summed E-state index contributed by atoms with van der Waals surface area (Å²) in [6.07, 6.45) is 3.76. The van der Waals surface area contributed by atoms with Crippen LogP contribution in [-0.2, 0) is 6.54 Å². The number of likely N-dealkylation sites (tertiary alicyclic amines) is 1. The molecule has 0 aromatic heterocycles. The van der Waals surface area contributed by atoms with Crippen molar-refractivity contribution in [1.82, 2.24) is 10.2 Å². The first kappa shape index (κ1) is 14.3. The Hall–Kier alpha value is -1.07. The molecule has 1 fully saturated rings. The number of hydrogen-bond acceptors (Lipinski definition) is 2. The lowest BCUT2D eigenvalue weighted by atomic mass is 10.1. The molecule has 2 nitrogen and oxygen atoms in total. The van der Waals surface area contributed by atoms with Crippen molar-refractivity contribution in [2.45, 2.75) is 25.8 Å². The summed E-state index contributed by atoms with van der Waals surface area (Å²) in [7, 11) is 0. The maximum Gasteiger partial charge on any atom is 0.161 e. The van der Waals surface area contributed by atoms with E-state index in [1.165, 1.54) is 19.3 Å². The third-order valence-corrected chi connectivity index (χ3v) is 3.46. The van der Waals surface area contributed by atoms with E-state index in [1.54, 1.807) is 0 Å². The molecule has 1 aromatic carbocycles. The van der Waals surface area contributed by atoms with E-state index < -0.39 is 17.5 Å². The van der Waals surface area contributed by atoms with Crippen LogP contribution in [0.1, 0.15) is 24.8 Å². The van der Waals surface area contributed by atoms with Gasteiger partial charge < -0.3 is 10.2 Å². The molecule has 1 aromatic rings. The Kier molecular flexibility index (Phi) is 5.22. The summed E-state index contributed by atoms with van der Waals surface area (Å²) in [5, 5.41) is 3.07. The zero-order valence-corrected chi connectivity index (χ0v) is 10.9. The minimum atomic E-state index is -1.14. The predicted molar refractivity (Wildman–Crippen MR) is 68.3 cm³/mol. The van der Waals surface area contributed by atoms with Gasteiger partial charge in [0.25, 0.3) is 0 Å². The number of hydrogen-bond donors (Lipinski definition) is 1. The molecule has 0 spiro atoms. The van der Waals surface area contributed by atoms with Gasteiger partial charge in [0, 0.05) is 31.3 Å². The second-order valence-electron chi connectivity index (χ2n) is 4.94. The van der Waals surface area contributed by atoms with E-state index in [1.807, 2.05) is 0 Å². The third-order valence-electron chi connectivity index (χ3n) is 3.46. The van der Waals surface area contributed by atoms with E-state index in [-0.39, 0.29) is 12.1 Å². The topological polar surface area (TPSA) is 15.3 Å². The van der Waals surface area contributed by atoms with Gasteiger partial charge in [0.1, 0.15) is 5.82 Å². The second kappa shape index (κ2) is 6.91. The lowest BCUT2D eigenvalue weighted by Crippen LogP contribution is -2.35. The molecule has 0 atom stereocenters. The van der Waals surface area contributed by atoms with Crippen LogP contribution in [0.2, 0.25) is 0 Å². The van der Waals surface area contributed by atoms with Gasteiger partial charge >= 0.3 is 0 Å². The van der Waals surface area contributed by atoms with Crippen LogP contribution < -0.4 is 5.32 Å². The highest BCUT2D eigenvalue weighted by molar-refractivity contribution is 5.19. The number of benzene rings is 1. The van der Waals surface area contributed by atoms with Gasteiger partial charge in [-0.25, -0.2) is 13.2 Å². The van der Waals surface area contributed by atoms with Crippen LogP contribution in [0.4, 0.5) is 13.2 Å². The van der Waals surface area contributed by atoms with E-state index in [2.05, 4.69) is 10.2 Å². The number of nitrogens with one attached hydrogen (secondary N) is 1.